The molecule has 0 unspecified atom stereocenters. The summed E-state index contributed by atoms with van der Waals surface area (Å²) in [7, 11) is 0. The summed E-state index contributed by atoms with van der Waals surface area (Å²) in [5.41, 5.74) is 6.38. The standard InChI is InChI=1S/C23H23N3OS/c1-2-8-18-16-11-6-7-12-17(16)19-20-21(28-23(19)26-18)22(25-14-24-20)27-13-15-9-4-3-5-10-15/h3-5,9-10,14H,2,6-8,11-13H2,1H3. The molecule has 3 heterocycles. The Bertz CT molecular complexity index is 1140. The van der Waals surface area contributed by atoms with Crippen molar-refractivity contribution in [3.05, 3.63) is 59.0 Å². The minimum absolute atomic E-state index is 0.508. The van der Waals surface area contributed by atoms with Crippen molar-refractivity contribution in [3.63, 3.8) is 0 Å². The van der Waals surface area contributed by atoms with Crippen molar-refractivity contribution in [1.29, 1.82) is 0 Å². The van der Waals surface area contributed by atoms with Gasteiger partial charge in [-0.15, -0.1) is 11.3 Å². The van der Waals surface area contributed by atoms with Crippen molar-refractivity contribution in [2.24, 2.45) is 0 Å². The lowest BCUT2D eigenvalue weighted by Gasteiger charge is -2.19. The van der Waals surface area contributed by atoms with E-state index < -0.39 is 0 Å². The zero-order chi connectivity index (χ0) is 18.9. The fourth-order valence-corrected chi connectivity index (χ4v) is 5.31. The highest BCUT2D eigenvalue weighted by atomic mass is 32.1. The zero-order valence-corrected chi connectivity index (χ0v) is 16.9. The zero-order valence-electron chi connectivity index (χ0n) is 16.1. The summed E-state index contributed by atoms with van der Waals surface area (Å²) in [6, 6.07) is 10.2. The van der Waals surface area contributed by atoms with Gasteiger partial charge in [-0.1, -0.05) is 43.7 Å². The predicted octanol–water partition coefficient (Wildman–Crippen LogP) is 5.65. The van der Waals surface area contributed by atoms with Crippen LogP contribution in [0.15, 0.2) is 36.7 Å². The topological polar surface area (TPSA) is 47.9 Å². The maximum absolute atomic E-state index is 6.09. The van der Waals surface area contributed by atoms with E-state index in [0.29, 0.717) is 12.5 Å². The minimum Gasteiger partial charge on any atom is -0.472 e. The van der Waals surface area contributed by atoms with Crippen LogP contribution < -0.4 is 4.74 Å². The maximum Gasteiger partial charge on any atom is 0.235 e. The minimum atomic E-state index is 0.508. The van der Waals surface area contributed by atoms with Crippen molar-refractivity contribution in [2.75, 3.05) is 0 Å². The van der Waals surface area contributed by atoms with E-state index in [1.807, 2.05) is 18.2 Å². The van der Waals surface area contributed by atoms with Crippen molar-refractivity contribution in [1.82, 2.24) is 15.0 Å². The lowest BCUT2D eigenvalue weighted by Crippen LogP contribution is -2.09. The van der Waals surface area contributed by atoms with E-state index in [-0.39, 0.29) is 0 Å². The summed E-state index contributed by atoms with van der Waals surface area (Å²) in [5.74, 6) is 0.665. The predicted molar refractivity (Wildman–Crippen MR) is 114 cm³/mol. The number of nitrogens with zero attached hydrogens (tertiary/aromatic N) is 3. The average Bonchev–Trinajstić information content (AvgIpc) is 3.12. The molecule has 0 saturated carbocycles. The number of benzene rings is 1. The van der Waals surface area contributed by atoms with Gasteiger partial charge in [0.15, 0.2) is 0 Å². The van der Waals surface area contributed by atoms with Crippen LogP contribution in [0.2, 0.25) is 0 Å². The van der Waals surface area contributed by atoms with E-state index in [2.05, 4.69) is 29.0 Å². The van der Waals surface area contributed by atoms with E-state index in [0.717, 1.165) is 46.3 Å². The lowest BCUT2D eigenvalue weighted by molar-refractivity contribution is 0.298. The molecule has 0 aliphatic heterocycles. The molecule has 1 aliphatic rings. The first-order valence-electron chi connectivity index (χ1n) is 10.1. The van der Waals surface area contributed by atoms with E-state index in [9.17, 15) is 0 Å². The number of hydrogen-bond acceptors (Lipinski definition) is 5. The smallest absolute Gasteiger partial charge is 0.235 e. The summed E-state index contributed by atoms with van der Waals surface area (Å²) < 4.78 is 7.10. The van der Waals surface area contributed by atoms with Crippen LogP contribution in [-0.4, -0.2) is 15.0 Å². The number of hydrogen-bond donors (Lipinski definition) is 0. The second-order valence-electron chi connectivity index (χ2n) is 7.39. The Labute approximate surface area is 168 Å². The summed E-state index contributed by atoms with van der Waals surface area (Å²) in [6.45, 7) is 2.74. The molecule has 4 aromatic rings. The fraction of sp³-hybridized carbons (Fsp3) is 0.348. The van der Waals surface area contributed by atoms with E-state index in [4.69, 9.17) is 9.72 Å². The second-order valence-corrected chi connectivity index (χ2v) is 8.38. The Morgan fingerprint density at radius 1 is 1.04 bits per heavy atom. The van der Waals surface area contributed by atoms with Gasteiger partial charge in [-0.2, -0.15) is 0 Å². The van der Waals surface area contributed by atoms with Crippen molar-refractivity contribution in [3.8, 4) is 5.88 Å². The molecule has 0 atom stereocenters. The molecule has 0 bridgehead atoms. The Balaban J connectivity index is 1.63. The normalized spacial score (nSPS) is 13.8. The van der Waals surface area contributed by atoms with Gasteiger partial charge < -0.3 is 4.74 Å². The van der Waals surface area contributed by atoms with Crippen LogP contribution in [0, 0.1) is 0 Å². The highest BCUT2D eigenvalue weighted by molar-refractivity contribution is 7.25. The monoisotopic (exact) mass is 389 g/mol. The summed E-state index contributed by atoms with van der Waals surface area (Å²) in [5, 5.41) is 1.24. The number of pyridine rings is 1. The van der Waals surface area contributed by atoms with Crippen LogP contribution in [-0.2, 0) is 25.9 Å². The van der Waals surface area contributed by atoms with Gasteiger partial charge in [-0.05, 0) is 48.8 Å². The van der Waals surface area contributed by atoms with Crippen LogP contribution in [0.5, 0.6) is 5.88 Å². The van der Waals surface area contributed by atoms with Crippen LogP contribution >= 0.6 is 11.3 Å². The third kappa shape index (κ3) is 3.04. The van der Waals surface area contributed by atoms with Crippen LogP contribution in [0.25, 0.3) is 20.4 Å². The average molecular weight is 390 g/mol. The van der Waals surface area contributed by atoms with Crippen LogP contribution in [0.1, 0.15) is 48.6 Å². The molecule has 5 rings (SSSR count). The Hall–Kier alpha value is -2.53. The first-order valence-corrected chi connectivity index (χ1v) is 10.9. The SMILES string of the molecule is CCCc1nc2sc3c(OCc4ccccc4)ncnc3c2c2c1CCCC2. The maximum atomic E-state index is 6.09. The highest BCUT2D eigenvalue weighted by Gasteiger charge is 2.23. The number of rotatable bonds is 5. The quantitative estimate of drug-likeness (QED) is 0.442. The largest absolute Gasteiger partial charge is 0.472 e. The Morgan fingerprint density at radius 2 is 1.86 bits per heavy atom. The van der Waals surface area contributed by atoms with Gasteiger partial charge in [0.2, 0.25) is 5.88 Å². The molecule has 1 aromatic carbocycles. The summed E-state index contributed by atoms with van der Waals surface area (Å²) >= 11 is 1.68. The second kappa shape index (κ2) is 7.47. The molecule has 5 heteroatoms. The summed E-state index contributed by atoms with van der Waals surface area (Å²) in [4.78, 5) is 15.2. The molecule has 3 aromatic heterocycles. The molecule has 0 fully saturated rings. The first-order chi connectivity index (χ1) is 13.8. The number of fused-ring (bicyclic) bond motifs is 5. The van der Waals surface area contributed by atoms with Gasteiger partial charge in [-0.3, -0.25) is 0 Å². The molecule has 4 nitrogen and oxygen atoms in total. The molecule has 0 radical (unpaired) electrons. The summed E-state index contributed by atoms with van der Waals surface area (Å²) in [6.07, 6.45) is 8.59. The highest BCUT2D eigenvalue weighted by Crippen LogP contribution is 2.41. The fourth-order valence-electron chi connectivity index (χ4n) is 4.19. The van der Waals surface area contributed by atoms with Gasteiger partial charge in [0.1, 0.15) is 22.5 Å². The Kier molecular flexibility index (Phi) is 4.69. The van der Waals surface area contributed by atoms with Crippen molar-refractivity contribution < 1.29 is 4.74 Å². The van der Waals surface area contributed by atoms with Crippen molar-refractivity contribution >= 4 is 31.8 Å². The lowest BCUT2D eigenvalue weighted by atomic mass is 9.88. The number of thiophene rings is 1. The van der Waals surface area contributed by atoms with Crippen LogP contribution in [0.3, 0.4) is 0 Å². The van der Waals surface area contributed by atoms with Crippen molar-refractivity contribution in [2.45, 2.75) is 52.1 Å². The number of aromatic nitrogens is 3. The van der Waals surface area contributed by atoms with Gasteiger partial charge in [-0.25, -0.2) is 15.0 Å². The molecule has 142 valence electrons. The third-order valence-corrected chi connectivity index (χ3v) is 6.54. The van der Waals surface area contributed by atoms with Gasteiger partial charge >= 0.3 is 0 Å². The van der Waals surface area contributed by atoms with Gasteiger partial charge in [0, 0.05) is 11.1 Å². The molecular formula is C23H23N3OS. The van der Waals surface area contributed by atoms with Gasteiger partial charge in [0.05, 0.1) is 5.52 Å². The Morgan fingerprint density at radius 3 is 2.68 bits per heavy atom. The molecule has 1 aliphatic carbocycles. The molecule has 0 amide bonds. The molecular weight excluding hydrogens is 366 g/mol. The van der Waals surface area contributed by atoms with E-state index >= 15 is 0 Å². The third-order valence-electron chi connectivity index (χ3n) is 5.48. The van der Waals surface area contributed by atoms with E-state index in [1.54, 1.807) is 17.7 Å². The molecule has 0 spiro atoms. The van der Waals surface area contributed by atoms with E-state index in [1.165, 1.54) is 35.0 Å². The number of aryl methyl sites for hydroxylation is 2. The molecule has 0 saturated heterocycles. The van der Waals surface area contributed by atoms with Crippen LogP contribution in [0.4, 0.5) is 0 Å². The molecule has 28 heavy (non-hydrogen) atoms. The number of ether oxygens (including phenoxy) is 1. The van der Waals surface area contributed by atoms with Gasteiger partial charge in [0.25, 0.3) is 0 Å². The molecule has 0 N–H and O–H groups in total. The first kappa shape index (κ1) is 17.6.